The molecule has 0 spiro atoms. The molecule has 0 amide bonds. The Hall–Kier alpha value is -0.340. The quantitative estimate of drug-likeness (QED) is 0.695. The zero-order valence-electron chi connectivity index (χ0n) is 12.6. The molecule has 0 aliphatic heterocycles. The molecule has 0 saturated heterocycles. The molecule has 1 unspecified atom stereocenters. The summed E-state index contributed by atoms with van der Waals surface area (Å²) in [5, 5.41) is 10.5. The van der Waals surface area contributed by atoms with E-state index in [2.05, 4.69) is 12.2 Å². The van der Waals surface area contributed by atoms with Gasteiger partial charge in [0.1, 0.15) is 0 Å². The molecule has 0 aromatic heterocycles. The molecule has 0 aromatic carbocycles. The number of hydrogen-bond acceptors (Lipinski definition) is 2. The van der Waals surface area contributed by atoms with Gasteiger partial charge in [0.25, 0.3) is 0 Å². The highest BCUT2D eigenvalue weighted by molar-refractivity contribution is 4.82. The van der Waals surface area contributed by atoms with Gasteiger partial charge in [-0.05, 0) is 38.5 Å². The highest BCUT2D eigenvalue weighted by atomic mass is 16.3. The molecule has 3 N–H and O–H groups in total. The van der Waals surface area contributed by atoms with Crippen LogP contribution in [0.5, 0.6) is 0 Å². The third-order valence-corrected chi connectivity index (χ3v) is 4.32. The fourth-order valence-corrected chi connectivity index (χ4v) is 2.88. The summed E-state index contributed by atoms with van der Waals surface area (Å²) in [4.78, 5) is 0. The third-order valence-electron chi connectivity index (χ3n) is 4.32. The Bertz CT molecular complexity index is 239. The van der Waals surface area contributed by atoms with Gasteiger partial charge in [-0.15, -0.1) is 0 Å². The van der Waals surface area contributed by atoms with Crippen LogP contribution in [0.1, 0.15) is 83.5 Å². The smallest absolute Gasteiger partial charge is 0.0769 e. The lowest BCUT2D eigenvalue weighted by Gasteiger charge is -2.26. The minimum Gasteiger partial charge on any atom is -0.389 e. The molecular weight excluding hydrogens is 234 g/mol. The number of rotatable bonds is 1. The Morgan fingerprint density at radius 2 is 1.16 bits per heavy atom. The fraction of sp³-hybridized carbons (Fsp3) is 0.882. The first-order chi connectivity index (χ1) is 9.27. The van der Waals surface area contributed by atoms with Gasteiger partial charge in [0.2, 0.25) is 0 Å². The molecule has 2 heteroatoms. The maximum absolute atomic E-state index is 10.5. The summed E-state index contributed by atoms with van der Waals surface area (Å²) in [5.41, 5.74) is 5.17. The lowest BCUT2D eigenvalue weighted by Crippen LogP contribution is -2.37. The molecule has 0 saturated carbocycles. The molecule has 0 radical (unpaired) electrons. The van der Waals surface area contributed by atoms with Crippen molar-refractivity contribution in [2.75, 3.05) is 6.54 Å². The van der Waals surface area contributed by atoms with Crippen molar-refractivity contribution < 1.29 is 5.11 Å². The minimum atomic E-state index is -0.586. The van der Waals surface area contributed by atoms with Crippen LogP contribution in [0.3, 0.4) is 0 Å². The van der Waals surface area contributed by atoms with Gasteiger partial charge in [-0.2, -0.15) is 0 Å². The lowest BCUT2D eigenvalue weighted by atomic mass is 9.89. The number of aliphatic hydroxyl groups is 1. The Labute approximate surface area is 119 Å². The zero-order valence-corrected chi connectivity index (χ0v) is 12.6. The molecule has 112 valence electrons. The molecular formula is C17H33NO. The summed E-state index contributed by atoms with van der Waals surface area (Å²) in [6.07, 6.45) is 20.2. The van der Waals surface area contributed by atoms with Crippen LogP contribution in [0.15, 0.2) is 12.2 Å². The summed E-state index contributed by atoms with van der Waals surface area (Å²) in [6, 6.07) is 0. The highest BCUT2D eigenvalue weighted by Crippen LogP contribution is 2.22. The second kappa shape index (κ2) is 10.4. The fourth-order valence-electron chi connectivity index (χ4n) is 2.88. The zero-order chi connectivity index (χ0) is 13.8. The molecule has 2 nitrogen and oxygen atoms in total. The summed E-state index contributed by atoms with van der Waals surface area (Å²) in [6.45, 7) is 0.426. The second-order valence-electron chi connectivity index (χ2n) is 6.16. The van der Waals surface area contributed by atoms with Crippen molar-refractivity contribution in [2.24, 2.45) is 5.73 Å². The predicted octanol–water partition coefficient (Wildman–Crippen LogP) is 4.32. The van der Waals surface area contributed by atoms with E-state index < -0.39 is 5.60 Å². The highest BCUT2D eigenvalue weighted by Gasteiger charge is 2.23. The van der Waals surface area contributed by atoms with Gasteiger partial charge in [-0.25, -0.2) is 0 Å². The molecule has 1 rings (SSSR count). The van der Waals surface area contributed by atoms with Gasteiger partial charge in [0.05, 0.1) is 5.60 Å². The van der Waals surface area contributed by atoms with Crippen molar-refractivity contribution >= 4 is 0 Å². The first-order valence-electron chi connectivity index (χ1n) is 8.34. The van der Waals surface area contributed by atoms with Gasteiger partial charge >= 0.3 is 0 Å². The molecule has 19 heavy (non-hydrogen) atoms. The Balaban J connectivity index is 2.33. The van der Waals surface area contributed by atoms with Crippen LogP contribution in [0.4, 0.5) is 0 Å². The minimum absolute atomic E-state index is 0.426. The van der Waals surface area contributed by atoms with Crippen molar-refractivity contribution in [1.29, 1.82) is 0 Å². The molecule has 0 fully saturated rings. The normalized spacial score (nSPS) is 29.2. The van der Waals surface area contributed by atoms with E-state index >= 15 is 0 Å². The lowest BCUT2D eigenvalue weighted by molar-refractivity contribution is 0.0264. The molecule has 0 heterocycles. The topological polar surface area (TPSA) is 46.2 Å². The van der Waals surface area contributed by atoms with Gasteiger partial charge in [-0.1, -0.05) is 57.1 Å². The number of allylic oxidation sites excluding steroid dienone is 2. The summed E-state index contributed by atoms with van der Waals surface area (Å²) < 4.78 is 0. The van der Waals surface area contributed by atoms with Crippen LogP contribution in [0, 0.1) is 0 Å². The molecule has 1 aliphatic rings. The predicted molar refractivity (Wildman–Crippen MR) is 83.2 cm³/mol. The van der Waals surface area contributed by atoms with E-state index in [-0.39, 0.29) is 0 Å². The molecule has 1 aliphatic carbocycles. The van der Waals surface area contributed by atoms with E-state index in [1.54, 1.807) is 0 Å². The van der Waals surface area contributed by atoms with Crippen molar-refractivity contribution in [3.8, 4) is 0 Å². The van der Waals surface area contributed by atoms with Crippen LogP contribution >= 0.6 is 0 Å². The Morgan fingerprint density at radius 1 is 0.737 bits per heavy atom. The van der Waals surface area contributed by atoms with Crippen molar-refractivity contribution in [3.05, 3.63) is 12.2 Å². The van der Waals surface area contributed by atoms with Gasteiger partial charge in [-0.3, -0.25) is 0 Å². The average molecular weight is 267 g/mol. The van der Waals surface area contributed by atoms with Crippen molar-refractivity contribution in [2.45, 2.75) is 89.1 Å². The van der Waals surface area contributed by atoms with Crippen LogP contribution in [-0.4, -0.2) is 17.3 Å². The SMILES string of the molecule is NCC1(O)CCCCCCC=CCCCCCCC1. The Morgan fingerprint density at radius 3 is 1.63 bits per heavy atom. The van der Waals surface area contributed by atoms with Gasteiger partial charge < -0.3 is 10.8 Å². The van der Waals surface area contributed by atoms with Crippen LogP contribution in [-0.2, 0) is 0 Å². The summed E-state index contributed by atoms with van der Waals surface area (Å²) in [7, 11) is 0. The largest absolute Gasteiger partial charge is 0.389 e. The van der Waals surface area contributed by atoms with Gasteiger partial charge in [0.15, 0.2) is 0 Å². The third kappa shape index (κ3) is 8.43. The molecule has 1 atom stereocenters. The van der Waals surface area contributed by atoms with E-state index in [1.807, 2.05) is 0 Å². The molecule has 0 aromatic rings. The van der Waals surface area contributed by atoms with Crippen LogP contribution in [0.25, 0.3) is 0 Å². The van der Waals surface area contributed by atoms with Crippen LogP contribution < -0.4 is 5.73 Å². The second-order valence-corrected chi connectivity index (χ2v) is 6.16. The van der Waals surface area contributed by atoms with E-state index in [1.165, 1.54) is 57.8 Å². The monoisotopic (exact) mass is 267 g/mol. The summed E-state index contributed by atoms with van der Waals surface area (Å²) >= 11 is 0. The van der Waals surface area contributed by atoms with E-state index in [4.69, 9.17) is 5.73 Å². The van der Waals surface area contributed by atoms with Crippen molar-refractivity contribution in [3.63, 3.8) is 0 Å². The number of hydrogen-bond donors (Lipinski definition) is 2. The Kier molecular flexibility index (Phi) is 9.19. The van der Waals surface area contributed by atoms with Crippen molar-refractivity contribution in [1.82, 2.24) is 0 Å². The number of nitrogens with two attached hydrogens (primary N) is 1. The standard InChI is InChI=1S/C17H33NO/c18-16-17(19)14-12-10-8-6-4-2-1-3-5-7-9-11-13-15-17/h1-2,19H,3-16,18H2. The van der Waals surface area contributed by atoms with E-state index in [0.29, 0.717) is 6.54 Å². The first kappa shape index (κ1) is 16.7. The van der Waals surface area contributed by atoms with Gasteiger partial charge in [0, 0.05) is 6.54 Å². The maximum Gasteiger partial charge on any atom is 0.0769 e. The van der Waals surface area contributed by atoms with Crippen LogP contribution in [0.2, 0.25) is 0 Å². The maximum atomic E-state index is 10.5. The first-order valence-corrected chi connectivity index (χ1v) is 8.34. The van der Waals surface area contributed by atoms with E-state index in [0.717, 1.165) is 25.7 Å². The molecule has 0 bridgehead atoms. The average Bonchev–Trinajstić information content (AvgIpc) is 2.42. The summed E-state index contributed by atoms with van der Waals surface area (Å²) in [5.74, 6) is 0. The van der Waals surface area contributed by atoms with E-state index in [9.17, 15) is 5.11 Å².